The van der Waals surface area contributed by atoms with E-state index in [-0.39, 0.29) is 5.60 Å². The molecule has 1 aliphatic rings. The molecule has 0 spiro atoms. The molecule has 0 saturated heterocycles. The largest absolute Gasteiger partial charge is 0.373 e. The summed E-state index contributed by atoms with van der Waals surface area (Å²) in [7, 11) is 0. The highest BCUT2D eigenvalue weighted by Crippen LogP contribution is 2.31. The molecule has 1 saturated carbocycles. The molecule has 1 atom stereocenters. The maximum absolute atomic E-state index is 6.59. The summed E-state index contributed by atoms with van der Waals surface area (Å²) in [5.41, 5.74) is 0.112. The molecule has 1 N–H and O–H groups in total. The van der Waals surface area contributed by atoms with Gasteiger partial charge in [0.15, 0.2) is 0 Å². The topological polar surface area (TPSA) is 21.3 Å². The average Bonchev–Trinajstić information content (AvgIpc) is 2.72. The minimum atomic E-state index is 0.112. The van der Waals surface area contributed by atoms with Gasteiger partial charge in [-0.2, -0.15) is 0 Å². The maximum Gasteiger partial charge on any atom is 0.0806 e. The van der Waals surface area contributed by atoms with Crippen LogP contribution in [0.4, 0.5) is 0 Å². The molecule has 1 fully saturated rings. The van der Waals surface area contributed by atoms with Crippen molar-refractivity contribution in [3.8, 4) is 0 Å². The second-order valence-corrected chi connectivity index (χ2v) is 7.36. The highest BCUT2D eigenvalue weighted by atomic mass is 16.5. The lowest BCUT2D eigenvalue weighted by Gasteiger charge is -2.35. The molecule has 0 bridgehead atoms. The Morgan fingerprint density at radius 2 is 1.71 bits per heavy atom. The molecule has 0 aromatic rings. The van der Waals surface area contributed by atoms with E-state index < -0.39 is 0 Å². The van der Waals surface area contributed by atoms with E-state index in [1.165, 1.54) is 64.2 Å². The lowest BCUT2D eigenvalue weighted by Crippen LogP contribution is -2.45. The van der Waals surface area contributed by atoms with E-state index in [1.54, 1.807) is 0 Å². The molecular formula is C19H39NO. The molecule has 1 unspecified atom stereocenters. The van der Waals surface area contributed by atoms with E-state index in [4.69, 9.17) is 4.74 Å². The minimum Gasteiger partial charge on any atom is -0.373 e. The van der Waals surface area contributed by atoms with E-state index in [9.17, 15) is 0 Å². The second kappa shape index (κ2) is 10.6. The number of nitrogens with one attached hydrogen (secondary N) is 1. The van der Waals surface area contributed by atoms with Gasteiger partial charge in [0.2, 0.25) is 0 Å². The van der Waals surface area contributed by atoms with Crippen molar-refractivity contribution in [1.29, 1.82) is 0 Å². The predicted octanol–water partition coefficient (Wildman–Crippen LogP) is 5.31. The van der Waals surface area contributed by atoms with Gasteiger partial charge in [0.1, 0.15) is 0 Å². The summed E-state index contributed by atoms with van der Waals surface area (Å²) in [4.78, 5) is 0. The van der Waals surface area contributed by atoms with Crippen LogP contribution in [0.1, 0.15) is 91.9 Å². The van der Waals surface area contributed by atoms with Gasteiger partial charge in [-0.3, -0.25) is 0 Å². The molecule has 0 heterocycles. The van der Waals surface area contributed by atoms with Crippen molar-refractivity contribution in [1.82, 2.24) is 5.32 Å². The summed E-state index contributed by atoms with van der Waals surface area (Å²) < 4.78 is 6.59. The number of unbranched alkanes of at least 4 members (excludes halogenated alkanes) is 1. The molecule has 1 aliphatic carbocycles. The second-order valence-electron chi connectivity index (χ2n) is 7.36. The van der Waals surface area contributed by atoms with E-state index in [2.05, 4.69) is 33.0 Å². The lowest BCUT2D eigenvalue weighted by atomic mass is 9.92. The van der Waals surface area contributed by atoms with Crippen molar-refractivity contribution in [3.05, 3.63) is 0 Å². The van der Waals surface area contributed by atoms with Crippen molar-refractivity contribution in [2.45, 2.75) is 104 Å². The molecule has 126 valence electrons. The third kappa shape index (κ3) is 7.65. The van der Waals surface area contributed by atoms with Crippen LogP contribution in [0, 0.1) is 5.92 Å². The quantitative estimate of drug-likeness (QED) is 0.552. The Kier molecular flexibility index (Phi) is 9.59. The fraction of sp³-hybridized carbons (Fsp3) is 1.00. The van der Waals surface area contributed by atoms with Crippen LogP contribution in [0.25, 0.3) is 0 Å². The standard InChI is InChI=1S/C19H39NO/c1-5-7-12-18(6-2)15-21-19(16-20-17(3)4)13-10-8-9-11-14-19/h17-18,20H,5-16H2,1-4H3. The number of hydrogen-bond acceptors (Lipinski definition) is 2. The first-order chi connectivity index (χ1) is 10.1. The first-order valence-electron chi connectivity index (χ1n) is 9.49. The molecule has 0 aromatic carbocycles. The summed E-state index contributed by atoms with van der Waals surface area (Å²) in [5.74, 6) is 0.754. The third-order valence-electron chi connectivity index (χ3n) is 5.02. The molecule has 2 nitrogen and oxygen atoms in total. The van der Waals surface area contributed by atoms with Crippen LogP contribution in [-0.2, 0) is 4.74 Å². The van der Waals surface area contributed by atoms with Gasteiger partial charge in [0.25, 0.3) is 0 Å². The van der Waals surface area contributed by atoms with Gasteiger partial charge in [-0.1, -0.05) is 72.6 Å². The van der Waals surface area contributed by atoms with Crippen LogP contribution < -0.4 is 5.32 Å². The number of hydrogen-bond donors (Lipinski definition) is 1. The summed E-state index contributed by atoms with van der Waals surface area (Å²) in [6.45, 7) is 11.1. The van der Waals surface area contributed by atoms with E-state index in [0.29, 0.717) is 6.04 Å². The van der Waals surface area contributed by atoms with Crippen LogP contribution in [0.15, 0.2) is 0 Å². The molecule has 2 heteroatoms. The van der Waals surface area contributed by atoms with Gasteiger partial charge < -0.3 is 10.1 Å². The molecular weight excluding hydrogens is 258 g/mol. The van der Waals surface area contributed by atoms with Gasteiger partial charge in [-0.25, -0.2) is 0 Å². The fourth-order valence-electron chi connectivity index (χ4n) is 3.33. The molecule has 0 aliphatic heterocycles. The van der Waals surface area contributed by atoms with E-state index >= 15 is 0 Å². The Hall–Kier alpha value is -0.0800. The van der Waals surface area contributed by atoms with E-state index in [1.807, 2.05) is 0 Å². The lowest BCUT2D eigenvalue weighted by molar-refractivity contribution is -0.0717. The van der Waals surface area contributed by atoms with Crippen LogP contribution in [0.3, 0.4) is 0 Å². The molecule has 0 amide bonds. The summed E-state index contributed by atoms with van der Waals surface area (Å²) in [6.07, 6.45) is 13.2. The van der Waals surface area contributed by atoms with Gasteiger partial charge in [-0.05, 0) is 25.2 Å². The molecule has 1 rings (SSSR count). The van der Waals surface area contributed by atoms with E-state index in [0.717, 1.165) is 19.1 Å². The van der Waals surface area contributed by atoms with Crippen molar-refractivity contribution < 1.29 is 4.74 Å². The highest BCUT2D eigenvalue weighted by Gasteiger charge is 2.32. The van der Waals surface area contributed by atoms with Crippen LogP contribution in [-0.4, -0.2) is 24.8 Å². The Morgan fingerprint density at radius 3 is 2.24 bits per heavy atom. The van der Waals surface area contributed by atoms with Crippen molar-refractivity contribution in [2.75, 3.05) is 13.2 Å². The molecule has 0 aromatic heterocycles. The Balaban J connectivity index is 2.54. The van der Waals surface area contributed by atoms with Crippen LogP contribution in [0.5, 0.6) is 0 Å². The third-order valence-corrected chi connectivity index (χ3v) is 5.02. The summed E-state index contributed by atoms with van der Waals surface area (Å²) in [6, 6.07) is 0.552. The Bertz CT molecular complexity index is 244. The van der Waals surface area contributed by atoms with Gasteiger partial charge >= 0.3 is 0 Å². The summed E-state index contributed by atoms with van der Waals surface area (Å²) in [5, 5.41) is 3.64. The minimum absolute atomic E-state index is 0.112. The smallest absolute Gasteiger partial charge is 0.0806 e. The summed E-state index contributed by atoms with van der Waals surface area (Å²) >= 11 is 0. The average molecular weight is 298 g/mol. The van der Waals surface area contributed by atoms with Crippen molar-refractivity contribution in [2.24, 2.45) is 5.92 Å². The van der Waals surface area contributed by atoms with Gasteiger partial charge in [0.05, 0.1) is 12.2 Å². The number of rotatable bonds is 10. The molecule has 0 radical (unpaired) electrons. The zero-order chi connectivity index (χ0) is 15.6. The highest BCUT2D eigenvalue weighted by molar-refractivity contribution is 4.86. The van der Waals surface area contributed by atoms with Gasteiger partial charge in [0, 0.05) is 12.6 Å². The maximum atomic E-state index is 6.59. The number of ether oxygens (including phenoxy) is 1. The first-order valence-corrected chi connectivity index (χ1v) is 9.49. The molecule has 21 heavy (non-hydrogen) atoms. The Labute approximate surface area is 133 Å². The van der Waals surface area contributed by atoms with Crippen molar-refractivity contribution >= 4 is 0 Å². The zero-order valence-corrected chi connectivity index (χ0v) is 15.0. The zero-order valence-electron chi connectivity index (χ0n) is 15.0. The van der Waals surface area contributed by atoms with Crippen molar-refractivity contribution in [3.63, 3.8) is 0 Å². The fourth-order valence-corrected chi connectivity index (χ4v) is 3.33. The van der Waals surface area contributed by atoms with Crippen LogP contribution >= 0.6 is 0 Å². The first kappa shape index (κ1) is 19.0. The predicted molar refractivity (Wildman–Crippen MR) is 92.8 cm³/mol. The van der Waals surface area contributed by atoms with Gasteiger partial charge in [-0.15, -0.1) is 0 Å². The SMILES string of the molecule is CCCCC(CC)COC1(CNC(C)C)CCCCCC1. The normalized spacial score (nSPS) is 20.4. The Morgan fingerprint density at radius 1 is 1.05 bits per heavy atom. The monoisotopic (exact) mass is 297 g/mol. The van der Waals surface area contributed by atoms with Crippen LogP contribution in [0.2, 0.25) is 0 Å².